The number of amides is 1. The number of hydrogen-bond acceptors (Lipinski definition) is 5. The Balaban J connectivity index is 2.13. The van der Waals surface area contributed by atoms with Crippen molar-refractivity contribution >= 4 is 46.0 Å². The molecule has 1 amide bonds. The predicted octanol–water partition coefficient (Wildman–Crippen LogP) is 2.28. The highest BCUT2D eigenvalue weighted by atomic mass is 35.5. The van der Waals surface area contributed by atoms with Crippen LogP contribution in [-0.4, -0.2) is 27.7 Å². The van der Waals surface area contributed by atoms with E-state index in [-0.39, 0.29) is 12.5 Å². The Morgan fingerprint density at radius 3 is 3.06 bits per heavy atom. The van der Waals surface area contributed by atoms with Gasteiger partial charge in [0.1, 0.15) is 11.0 Å². The third-order valence-electron chi connectivity index (χ3n) is 2.35. The number of halogens is 1. The van der Waals surface area contributed by atoms with Crippen LogP contribution in [0.25, 0.3) is 11.0 Å². The first-order chi connectivity index (χ1) is 8.72. The SMILES string of the molecule is CCCNCC(=O)Nc1c(Cl)ccc2nsnc12. The molecule has 1 aromatic heterocycles. The van der Waals surface area contributed by atoms with E-state index in [1.54, 1.807) is 12.1 Å². The highest BCUT2D eigenvalue weighted by Gasteiger charge is 2.12. The van der Waals surface area contributed by atoms with Gasteiger partial charge in [-0.15, -0.1) is 0 Å². The summed E-state index contributed by atoms with van der Waals surface area (Å²) < 4.78 is 8.25. The highest BCUT2D eigenvalue weighted by Crippen LogP contribution is 2.29. The van der Waals surface area contributed by atoms with Gasteiger partial charge in [0, 0.05) is 0 Å². The Kier molecular flexibility index (Phi) is 4.46. The fourth-order valence-corrected chi connectivity index (χ4v) is 2.25. The van der Waals surface area contributed by atoms with Crippen LogP contribution >= 0.6 is 23.3 Å². The van der Waals surface area contributed by atoms with Gasteiger partial charge in [-0.2, -0.15) is 8.75 Å². The molecule has 0 spiro atoms. The van der Waals surface area contributed by atoms with Gasteiger partial charge in [0.25, 0.3) is 0 Å². The molecule has 2 aromatic rings. The van der Waals surface area contributed by atoms with Crippen molar-refractivity contribution in [1.82, 2.24) is 14.1 Å². The van der Waals surface area contributed by atoms with E-state index in [1.165, 1.54) is 0 Å². The van der Waals surface area contributed by atoms with Crippen molar-refractivity contribution in [3.05, 3.63) is 17.2 Å². The van der Waals surface area contributed by atoms with E-state index in [1.807, 2.05) is 6.92 Å². The number of aromatic nitrogens is 2. The van der Waals surface area contributed by atoms with E-state index < -0.39 is 0 Å². The summed E-state index contributed by atoms with van der Waals surface area (Å²) >= 11 is 7.17. The van der Waals surface area contributed by atoms with Gasteiger partial charge < -0.3 is 10.6 Å². The molecule has 0 unspecified atom stereocenters. The highest BCUT2D eigenvalue weighted by molar-refractivity contribution is 7.00. The van der Waals surface area contributed by atoms with Crippen LogP contribution in [0.5, 0.6) is 0 Å². The molecule has 1 aromatic carbocycles. The summed E-state index contributed by atoms with van der Waals surface area (Å²) in [5, 5.41) is 6.27. The zero-order valence-corrected chi connectivity index (χ0v) is 11.4. The standard InChI is InChI=1S/C11H13ClN4OS/c1-2-5-13-6-9(17)14-10-7(12)3-4-8-11(10)16-18-15-8/h3-4,13H,2,5-6H2,1H3,(H,14,17). The van der Waals surface area contributed by atoms with Crippen LogP contribution in [0.1, 0.15) is 13.3 Å². The van der Waals surface area contributed by atoms with Crippen molar-refractivity contribution in [1.29, 1.82) is 0 Å². The molecule has 5 nitrogen and oxygen atoms in total. The molecule has 0 aliphatic heterocycles. The summed E-state index contributed by atoms with van der Waals surface area (Å²) in [5.74, 6) is -0.133. The largest absolute Gasteiger partial charge is 0.322 e. The van der Waals surface area contributed by atoms with Gasteiger partial charge in [-0.3, -0.25) is 4.79 Å². The quantitative estimate of drug-likeness (QED) is 0.827. The predicted molar refractivity (Wildman–Crippen MR) is 74.2 cm³/mol. The monoisotopic (exact) mass is 284 g/mol. The second kappa shape index (κ2) is 6.08. The minimum Gasteiger partial charge on any atom is -0.322 e. The van der Waals surface area contributed by atoms with Gasteiger partial charge >= 0.3 is 0 Å². The van der Waals surface area contributed by atoms with Crippen molar-refractivity contribution < 1.29 is 4.79 Å². The number of anilines is 1. The molecule has 0 fully saturated rings. The molecule has 0 saturated carbocycles. The number of fused-ring (bicyclic) bond motifs is 1. The summed E-state index contributed by atoms with van der Waals surface area (Å²) in [6.45, 7) is 3.12. The van der Waals surface area contributed by atoms with Crippen molar-refractivity contribution in [2.24, 2.45) is 0 Å². The first-order valence-electron chi connectivity index (χ1n) is 5.63. The molecule has 2 N–H and O–H groups in total. The molecular weight excluding hydrogens is 272 g/mol. The van der Waals surface area contributed by atoms with Gasteiger partial charge in [0.2, 0.25) is 5.91 Å². The van der Waals surface area contributed by atoms with Crippen molar-refractivity contribution in [2.45, 2.75) is 13.3 Å². The molecule has 96 valence electrons. The smallest absolute Gasteiger partial charge is 0.238 e. The third-order valence-corrected chi connectivity index (χ3v) is 3.21. The Morgan fingerprint density at radius 1 is 1.44 bits per heavy atom. The summed E-state index contributed by atoms with van der Waals surface area (Å²) in [7, 11) is 0. The van der Waals surface area contributed by atoms with Gasteiger partial charge in [-0.05, 0) is 25.1 Å². The lowest BCUT2D eigenvalue weighted by Crippen LogP contribution is -2.28. The van der Waals surface area contributed by atoms with Crippen molar-refractivity contribution in [2.75, 3.05) is 18.4 Å². The Bertz CT molecular complexity index is 557. The Labute approximate surface area is 114 Å². The molecule has 7 heteroatoms. The molecular formula is C11H13ClN4OS. The fourth-order valence-electron chi connectivity index (χ4n) is 1.51. The van der Waals surface area contributed by atoms with E-state index in [2.05, 4.69) is 19.4 Å². The second-order valence-electron chi connectivity index (χ2n) is 3.78. The first-order valence-corrected chi connectivity index (χ1v) is 6.74. The number of benzene rings is 1. The number of nitrogens with one attached hydrogen (secondary N) is 2. The molecule has 0 aliphatic rings. The van der Waals surface area contributed by atoms with E-state index >= 15 is 0 Å². The Morgan fingerprint density at radius 2 is 2.28 bits per heavy atom. The molecule has 1 heterocycles. The van der Waals surface area contributed by atoms with E-state index in [0.717, 1.165) is 30.2 Å². The van der Waals surface area contributed by atoms with Crippen LogP contribution < -0.4 is 10.6 Å². The van der Waals surface area contributed by atoms with E-state index in [4.69, 9.17) is 11.6 Å². The molecule has 0 atom stereocenters. The molecule has 0 saturated heterocycles. The number of carbonyl (C=O) groups is 1. The zero-order valence-electron chi connectivity index (χ0n) is 9.86. The normalized spacial score (nSPS) is 10.8. The summed E-state index contributed by atoms with van der Waals surface area (Å²) in [6.07, 6.45) is 0.986. The molecule has 0 radical (unpaired) electrons. The molecule has 0 bridgehead atoms. The summed E-state index contributed by atoms with van der Waals surface area (Å²) in [4.78, 5) is 11.7. The summed E-state index contributed by atoms with van der Waals surface area (Å²) in [5.41, 5.74) is 1.91. The van der Waals surface area contributed by atoms with Crippen molar-refractivity contribution in [3.63, 3.8) is 0 Å². The van der Waals surface area contributed by atoms with E-state index in [9.17, 15) is 4.79 Å². The van der Waals surface area contributed by atoms with Crippen LogP contribution in [0.15, 0.2) is 12.1 Å². The van der Waals surface area contributed by atoms with Gasteiger partial charge in [0.15, 0.2) is 0 Å². The maximum absolute atomic E-state index is 11.7. The molecule has 0 aliphatic carbocycles. The van der Waals surface area contributed by atoms with Gasteiger partial charge in [-0.25, -0.2) is 0 Å². The van der Waals surface area contributed by atoms with Crippen LogP contribution in [0.3, 0.4) is 0 Å². The minimum atomic E-state index is -0.133. The van der Waals surface area contributed by atoms with Crippen LogP contribution in [0.2, 0.25) is 5.02 Å². The maximum Gasteiger partial charge on any atom is 0.238 e. The lowest BCUT2D eigenvalue weighted by Gasteiger charge is -2.08. The third kappa shape index (κ3) is 2.95. The number of carbonyl (C=O) groups excluding carboxylic acids is 1. The number of hydrogen-bond donors (Lipinski definition) is 2. The van der Waals surface area contributed by atoms with Crippen LogP contribution in [-0.2, 0) is 4.79 Å². The average Bonchev–Trinajstić information content (AvgIpc) is 2.82. The fraction of sp³-hybridized carbons (Fsp3) is 0.364. The van der Waals surface area contributed by atoms with Gasteiger partial charge in [0.05, 0.1) is 29.0 Å². The molecule has 18 heavy (non-hydrogen) atoms. The average molecular weight is 285 g/mol. The number of nitrogens with zero attached hydrogens (tertiary/aromatic N) is 2. The van der Waals surface area contributed by atoms with Crippen molar-refractivity contribution in [3.8, 4) is 0 Å². The van der Waals surface area contributed by atoms with Crippen LogP contribution in [0, 0.1) is 0 Å². The van der Waals surface area contributed by atoms with E-state index in [0.29, 0.717) is 16.2 Å². The van der Waals surface area contributed by atoms with Crippen LogP contribution in [0.4, 0.5) is 5.69 Å². The summed E-state index contributed by atoms with van der Waals surface area (Å²) in [6, 6.07) is 3.49. The molecule has 2 rings (SSSR count). The topological polar surface area (TPSA) is 66.9 Å². The lowest BCUT2D eigenvalue weighted by molar-refractivity contribution is -0.115. The minimum absolute atomic E-state index is 0.133. The zero-order chi connectivity index (χ0) is 13.0. The Hall–Kier alpha value is -1.24. The lowest BCUT2D eigenvalue weighted by atomic mass is 10.2. The second-order valence-corrected chi connectivity index (χ2v) is 4.71. The van der Waals surface area contributed by atoms with Gasteiger partial charge in [-0.1, -0.05) is 18.5 Å². The maximum atomic E-state index is 11.7. The number of rotatable bonds is 5. The first kappa shape index (κ1) is 13.2.